The number of carbonyl (C=O) groups is 1. The normalized spacial score (nSPS) is 11.2. The van der Waals surface area contributed by atoms with E-state index in [1.54, 1.807) is 13.0 Å². The highest BCUT2D eigenvalue weighted by Gasteiger charge is 2.09. The van der Waals surface area contributed by atoms with Gasteiger partial charge in [0.15, 0.2) is 0 Å². The van der Waals surface area contributed by atoms with E-state index in [4.69, 9.17) is 0 Å². The molecule has 0 spiro atoms. The summed E-state index contributed by atoms with van der Waals surface area (Å²) in [6.45, 7) is 3.78. The molecule has 0 heterocycles. The van der Waals surface area contributed by atoms with E-state index in [0.717, 1.165) is 11.1 Å². The van der Waals surface area contributed by atoms with E-state index in [1.165, 1.54) is 18.2 Å². The first-order chi connectivity index (χ1) is 9.58. The Balaban J connectivity index is 2.11. The zero-order valence-electron chi connectivity index (χ0n) is 11.4. The second kappa shape index (κ2) is 6.10. The van der Waals surface area contributed by atoms with E-state index < -0.39 is 11.7 Å². The van der Waals surface area contributed by atoms with Crippen molar-refractivity contribution in [2.45, 2.75) is 13.8 Å². The number of hydrogen-bond donors (Lipinski definition) is 1. The van der Waals surface area contributed by atoms with Crippen LogP contribution in [0.3, 0.4) is 0 Å². The number of amides is 1. The summed E-state index contributed by atoms with van der Waals surface area (Å²) < 4.78 is 13.4. The van der Waals surface area contributed by atoms with Crippen LogP contribution in [0.1, 0.15) is 28.4 Å². The van der Waals surface area contributed by atoms with Gasteiger partial charge in [0.25, 0.3) is 5.91 Å². The lowest BCUT2D eigenvalue weighted by molar-refractivity contribution is 0.0951. The highest BCUT2D eigenvalue weighted by Crippen LogP contribution is 2.07. The molecule has 0 saturated heterocycles. The molecule has 2 rings (SSSR count). The molecule has 0 atom stereocenters. The van der Waals surface area contributed by atoms with Gasteiger partial charge in [-0.25, -0.2) is 9.82 Å². The predicted octanol–water partition coefficient (Wildman–Crippen LogP) is 3.29. The number of nitrogens with zero attached hydrogens (tertiary/aromatic N) is 1. The maximum Gasteiger partial charge on any atom is 0.274 e. The molecule has 1 amide bonds. The maximum absolute atomic E-state index is 13.4. The van der Waals surface area contributed by atoms with Crippen molar-refractivity contribution in [2.75, 3.05) is 0 Å². The van der Waals surface area contributed by atoms with Crippen molar-refractivity contribution in [3.8, 4) is 0 Å². The van der Waals surface area contributed by atoms with Gasteiger partial charge in [-0.05, 0) is 31.5 Å². The molecule has 0 bridgehead atoms. The molecular weight excluding hydrogens is 255 g/mol. The third-order valence-electron chi connectivity index (χ3n) is 2.91. The first-order valence-electron chi connectivity index (χ1n) is 6.24. The third kappa shape index (κ3) is 3.29. The van der Waals surface area contributed by atoms with Crippen LogP contribution in [0.4, 0.5) is 4.39 Å². The monoisotopic (exact) mass is 270 g/mol. The molecule has 0 unspecified atom stereocenters. The Hall–Kier alpha value is -2.49. The topological polar surface area (TPSA) is 41.5 Å². The van der Waals surface area contributed by atoms with Crippen LogP contribution in [0.15, 0.2) is 53.6 Å². The Morgan fingerprint density at radius 3 is 2.40 bits per heavy atom. The zero-order valence-corrected chi connectivity index (χ0v) is 11.4. The lowest BCUT2D eigenvalue weighted by Crippen LogP contribution is -2.20. The van der Waals surface area contributed by atoms with Crippen molar-refractivity contribution in [2.24, 2.45) is 5.10 Å². The van der Waals surface area contributed by atoms with Crippen LogP contribution >= 0.6 is 0 Å². The number of nitrogens with one attached hydrogen (secondary N) is 1. The van der Waals surface area contributed by atoms with Gasteiger partial charge >= 0.3 is 0 Å². The molecular formula is C16H15FN2O. The largest absolute Gasteiger partial charge is 0.274 e. The summed E-state index contributed by atoms with van der Waals surface area (Å²) in [6, 6.07) is 13.6. The van der Waals surface area contributed by atoms with Crippen LogP contribution in [0, 0.1) is 12.7 Å². The standard InChI is InChI=1S/C16H15FN2O/c1-11-7-9-13(10-8-11)12(2)18-19-16(20)14-5-3-4-6-15(14)17/h3-10H,1-2H3,(H,19,20). The molecule has 102 valence electrons. The van der Waals surface area contributed by atoms with Crippen LogP contribution < -0.4 is 5.43 Å². The highest BCUT2D eigenvalue weighted by atomic mass is 19.1. The van der Waals surface area contributed by atoms with Crippen LogP contribution in [0.2, 0.25) is 0 Å². The van der Waals surface area contributed by atoms with Crippen molar-refractivity contribution in [1.29, 1.82) is 0 Å². The van der Waals surface area contributed by atoms with Gasteiger partial charge in [0, 0.05) is 0 Å². The fraction of sp³-hybridized carbons (Fsp3) is 0.125. The van der Waals surface area contributed by atoms with Crippen LogP contribution in [-0.4, -0.2) is 11.6 Å². The third-order valence-corrected chi connectivity index (χ3v) is 2.91. The summed E-state index contributed by atoms with van der Waals surface area (Å²) in [5.74, 6) is -1.12. The molecule has 0 fully saturated rings. The first-order valence-corrected chi connectivity index (χ1v) is 6.24. The summed E-state index contributed by atoms with van der Waals surface area (Å²) in [4.78, 5) is 11.8. The summed E-state index contributed by atoms with van der Waals surface area (Å²) in [5, 5.41) is 3.99. The summed E-state index contributed by atoms with van der Waals surface area (Å²) in [6.07, 6.45) is 0. The van der Waals surface area contributed by atoms with Gasteiger partial charge in [-0.1, -0.05) is 42.0 Å². The molecule has 0 radical (unpaired) electrons. The van der Waals surface area contributed by atoms with Gasteiger partial charge in [0.05, 0.1) is 11.3 Å². The lowest BCUT2D eigenvalue weighted by atomic mass is 10.1. The number of hydrogen-bond acceptors (Lipinski definition) is 2. The van der Waals surface area contributed by atoms with E-state index in [2.05, 4.69) is 10.5 Å². The minimum atomic E-state index is -0.562. The molecule has 2 aromatic rings. The molecule has 0 aliphatic carbocycles. The zero-order chi connectivity index (χ0) is 14.5. The van der Waals surface area contributed by atoms with Gasteiger partial charge < -0.3 is 0 Å². The highest BCUT2D eigenvalue weighted by molar-refractivity contribution is 6.00. The van der Waals surface area contributed by atoms with Gasteiger partial charge in [0.2, 0.25) is 0 Å². The Bertz CT molecular complexity index is 648. The second-order valence-electron chi connectivity index (χ2n) is 4.48. The molecule has 1 N–H and O–H groups in total. The van der Waals surface area contributed by atoms with E-state index in [9.17, 15) is 9.18 Å². The smallest absolute Gasteiger partial charge is 0.267 e. The maximum atomic E-state index is 13.4. The predicted molar refractivity (Wildman–Crippen MR) is 77.3 cm³/mol. The Kier molecular flexibility index (Phi) is 4.25. The van der Waals surface area contributed by atoms with E-state index >= 15 is 0 Å². The van der Waals surface area contributed by atoms with Crippen molar-refractivity contribution in [1.82, 2.24) is 5.43 Å². The number of rotatable bonds is 3. The van der Waals surface area contributed by atoms with Gasteiger partial charge in [-0.15, -0.1) is 0 Å². The summed E-state index contributed by atoms with van der Waals surface area (Å²) in [7, 11) is 0. The molecule has 20 heavy (non-hydrogen) atoms. The Morgan fingerprint density at radius 2 is 1.75 bits per heavy atom. The lowest BCUT2D eigenvalue weighted by Gasteiger charge is -2.04. The molecule has 3 nitrogen and oxygen atoms in total. The van der Waals surface area contributed by atoms with Crippen LogP contribution in [0.5, 0.6) is 0 Å². The van der Waals surface area contributed by atoms with Crippen LogP contribution in [0.25, 0.3) is 0 Å². The summed E-state index contributed by atoms with van der Waals surface area (Å²) in [5.41, 5.74) is 5.06. The average molecular weight is 270 g/mol. The molecule has 0 saturated carbocycles. The van der Waals surface area contributed by atoms with E-state index in [1.807, 2.05) is 31.2 Å². The van der Waals surface area contributed by atoms with Crippen molar-refractivity contribution in [3.05, 3.63) is 71.0 Å². The van der Waals surface area contributed by atoms with Gasteiger partial charge in [0.1, 0.15) is 5.82 Å². The van der Waals surface area contributed by atoms with Crippen molar-refractivity contribution < 1.29 is 9.18 Å². The van der Waals surface area contributed by atoms with Crippen molar-refractivity contribution in [3.63, 3.8) is 0 Å². The molecule has 0 aliphatic heterocycles. The first kappa shape index (κ1) is 13.9. The van der Waals surface area contributed by atoms with Crippen molar-refractivity contribution >= 4 is 11.6 Å². The number of carbonyl (C=O) groups excluding carboxylic acids is 1. The number of aryl methyl sites for hydroxylation is 1. The number of hydrazone groups is 1. The molecule has 2 aromatic carbocycles. The fourth-order valence-electron chi connectivity index (χ4n) is 1.70. The fourth-order valence-corrected chi connectivity index (χ4v) is 1.70. The van der Waals surface area contributed by atoms with E-state index in [0.29, 0.717) is 5.71 Å². The number of benzene rings is 2. The molecule has 4 heteroatoms. The van der Waals surface area contributed by atoms with Crippen LogP contribution in [-0.2, 0) is 0 Å². The average Bonchev–Trinajstić information content (AvgIpc) is 2.45. The van der Waals surface area contributed by atoms with Gasteiger partial charge in [-0.2, -0.15) is 5.10 Å². The minimum absolute atomic E-state index is 0.0204. The Labute approximate surface area is 117 Å². The SMILES string of the molecule is CC(=NNC(=O)c1ccccc1F)c1ccc(C)cc1. The van der Waals surface area contributed by atoms with Gasteiger partial charge in [-0.3, -0.25) is 4.79 Å². The Morgan fingerprint density at radius 1 is 1.10 bits per heavy atom. The number of halogens is 1. The quantitative estimate of drug-likeness (QED) is 0.675. The summed E-state index contributed by atoms with van der Waals surface area (Å²) >= 11 is 0. The van der Waals surface area contributed by atoms with E-state index in [-0.39, 0.29) is 5.56 Å². The minimum Gasteiger partial charge on any atom is -0.267 e. The molecule has 0 aliphatic rings. The molecule has 0 aromatic heterocycles. The second-order valence-corrected chi connectivity index (χ2v) is 4.48.